The van der Waals surface area contributed by atoms with Gasteiger partial charge in [-0.1, -0.05) is 25.5 Å². The molecule has 0 spiro atoms. The van der Waals surface area contributed by atoms with Gasteiger partial charge in [0.15, 0.2) is 6.73 Å². The highest BCUT2D eigenvalue weighted by Crippen LogP contribution is 2.15. The van der Waals surface area contributed by atoms with Gasteiger partial charge in [0.2, 0.25) is 0 Å². The lowest BCUT2D eigenvalue weighted by molar-refractivity contribution is 0.234. The molecule has 0 radical (unpaired) electrons. The predicted octanol–water partition coefficient (Wildman–Crippen LogP) is 4.20. The summed E-state index contributed by atoms with van der Waals surface area (Å²) < 4.78 is 10.9. The summed E-state index contributed by atoms with van der Waals surface area (Å²) in [5.41, 5.74) is 1.98. The number of carbonyl (C=O) groups is 1. The molecule has 0 aliphatic rings. The van der Waals surface area contributed by atoms with Crippen molar-refractivity contribution in [2.75, 3.05) is 18.7 Å². The van der Waals surface area contributed by atoms with Gasteiger partial charge in [-0.15, -0.1) is 0 Å². The Hall–Kier alpha value is -2.69. The first-order valence-electron chi connectivity index (χ1n) is 8.20. The van der Waals surface area contributed by atoms with E-state index in [0.29, 0.717) is 12.3 Å². The molecule has 0 bridgehead atoms. The second-order valence-electron chi connectivity index (χ2n) is 5.27. The van der Waals surface area contributed by atoms with E-state index in [-0.39, 0.29) is 12.8 Å². The predicted molar refractivity (Wildman–Crippen MR) is 95.7 cm³/mol. The number of rotatable bonds is 8. The monoisotopic (exact) mass is 328 g/mol. The summed E-state index contributed by atoms with van der Waals surface area (Å²) in [6.07, 6.45) is 2.18. The van der Waals surface area contributed by atoms with Crippen LogP contribution in [0.4, 0.5) is 10.5 Å². The Morgan fingerprint density at radius 3 is 2.17 bits per heavy atom. The molecule has 2 amide bonds. The maximum absolute atomic E-state index is 11.8. The zero-order chi connectivity index (χ0) is 17.2. The Labute approximate surface area is 143 Å². The average molecular weight is 328 g/mol. The Morgan fingerprint density at radius 2 is 1.54 bits per heavy atom. The Kier molecular flexibility index (Phi) is 6.95. The lowest BCUT2D eigenvalue weighted by Crippen LogP contribution is -2.31. The van der Waals surface area contributed by atoms with Gasteiger partial charge in [-0.3, -0.25) is 0 Å². The minimum absolute atomic E-state index is 0.107. The fourth-order valence-electron chi connectivity index (χ4n) is 2.20. The van der Waals surface area contributed by atoms with Gasteiger partial charge < -0.3 is 20.1 Å². The molecule has 5 nitrogen and oxygen atoms in total. The maximum atomic E-state index is 11.8. The van der Waals surface area contributed by atoms with E-state index in [1.807, 2.05) is 43.3 Å². The van der Waals surface area contributed by atoms with Gasteiger partial charge in [-0.05, 0) is 55.3 Å². The van der Waals surface area contributed by atoms with Crippen molar-refractivity contribution in [2.45, 2.75) is 26.7 Å². The lowest BCUT2D eigenvalue weighted by Gasteiger charge is -2.10. The van der Waals surface area contributed by atoms with E-state index >= 15 is 0 Å². The van der Waals surface area contributed by atoms with Crippen LogP contribution in [0.3, 0.4) is 0 Å². The summed E-state index contributed by atoms with van der Waals surface area (Å²) >= 11 is 0. The molecule has 2 N–H and O–H groups in total. The molecule has 0 aromatic heterocycles. The van der Waals surface area contributed by atoms with Crippen molar-refractivity contribution in [3.05, 3.63) is 54.1 Å². The van der Waals surface area contributed by atoms with Gasteiger partial charge in [-0.25, -0.2) is 4.79 Å². The average Bonchev–Trinajstić information content (AvgIpc) is 2.59. The van der Waals surface area contributed by atoms with E-state index in [4.69, 9.17) is 9.47 Å². The van der Waals surface area contributed by atoms with Crippen LogP contribution in [0.2, 0.25) is 0 Å². The smallest absolute Gasteiger partial charge is 0.321 e. The minimum atomic E-state index is -0.318. The maximum Gasteiger partial charge on any atom is 0.321 e. The van der Waals surface area contributed by atoms with Crippen LogP contribution in [-0.4, -0.2) is 19.4 Å². The van der Waals surface area contributed by atoms with Gasteiger partial charge >= 0.3 is 6.03 Å². The lowest BCUT2D eigenvalue weighted by atomic mass is 10.1. The largest absolute Gasteiger partial charge is 0.494 e. The standard InChI is InChI=1S/C19H24N2O3/c1-3-5-15-6-10-18(11-7-15)24-14-20-19(22)21-16-8-12-17(13-9-16)23-4-2/h6-13H,3-5,14H2,1-2H3,(H2,20,21,22). The molecule has 0 saturated heterocycles. The topological polar surface area (TPSA) is 59.6 Å². The van der Waals surface area contributed by atoms with Crippen LogP contribution in [0.15, 0.2) is 48.5 Å². The Bertz CT molecular complexity index is 624. The van der Waals surface area contributed by atoms with Crippen LogP contribution < -0.4 is 20.1 Å². The van der Waals surface area contributed by atoms with E-state index in [0.717, 1.165) is 24.3 Å². The highest BCUT2D eigenvalue weighted by atomic mass is 16.5. The molecule has 0 heterocycles. The SMILES string of the molecule is CCCc1ccc(OCNC(=O)Nc2ccc(OCC)cc2)cc1. The number of aryl methyl sites for hydroxylation is 1. The third kappa shape index (κ3) is 5.83. The summed E-state index contributed by atoms with van der Waals surface area (Å²) in [6.45, 7) is 4.80. The molecule has 0 saturated carbocycles. The number of hydrogen-bond acceptors (Lipinski definition) is 3. The van der Waals surface area contributed by atoms with Crippen molar-refractivity contribution in [1.82, 2.24) is 5.32 Å². The number of hydrogen-bond donors (Lipinski definition) is 2. The zero-order valence-corrected chi connectivity index (χ0v) is 14.2. The van der Waals surface area contributed by atoms with Gasteiger partial charge in [-0.2, -0.15) is 0 Å². The molecule has 2 aromatic carbocycles. The Balaban J connectivity index is 1.72. The second-order valence-corrected chi connectivity index (χ2v) is 5.27. The molecule has 128 valence electrons. The van der Waals surface area contributed by atoms with E-state index in [9.17, 15) is 4.79 Å². The van der Waals surface area contributed by atoms with Crippen LogP contribution in [-0.2, 0) is 6.42 Å². The van der Waals surface area contributed by atoms with Crippen molar-refractivity contribution in [3.8, 4) is 11.5 Å². The van der Waals surface area contributed by atoms with Crippen molar-refractivity contribution >= 4 is 11.7 Å². The van der Waals surface area contributed by atoms with Crippen LogP contribution in [0.5, 0.6) is 11.5 Å². The van der Waals surface area contributed by atoms with Crippen molar-refractivity contribution < 1.29 is 14.3 Å². The molecule has 2 aromatic rings. The van der Waals surface area contributed by atoms with Crippen LogP contribution >= 0.6 is 0 Å². The van der Waals surface area contributed by atoms with Crippen molar-refractivity contribution in [1.29, 1.82) is 0 Å². The van der Waals surface area contributed by atoms with Gasteiger partial charge in [0.25, 0.3) is 0 Å². The molecular formula is C19H24N2O3. The number of ether oxygens (including phenoxy) is 2. The van der Waals surface area contributed by atoms with Gasteiger partial charge in [0.05, 0.1) is 6.61 Å². The third-order valence-corrected chi connectivity index (χ3v) is 3.36. The van der Waals surface area contributed by atoms with Crippen molar-refractivity contribution in [3.63, 3.8) is 0 Å². The van der Waals surface area contributed by atoms with Crippen LogP contribution in [0, 0.1) is 0 Å². The number of nitrogens with one attached hydrogen (secondary N) is 2. The molecule has 0 unspecified atom stereocenters. The molecule has 0 fully saturated rings. The molecule has 5 heteroatoms. The molecule has 24 heavy (non-hydrogen) atoms. The van der Waals surface area contributed by atoms with E-state index in [1.165, 1.54) is 5.56 Å². The number of carbonyl (C=O) groups excluding carboxylic acids is 1. The van der Waals surface area contributed by atoms with E-state index in [2.05, 4.69) is 17.6 Å². The van der Waals surface area contributed by atoms with Gasteiger partial charge in [0, 0.05) is 5.69 Å². The summed E-state index contributed by atoms with van der Waals surface area (Å²) in [4.78, 5) is 11.8. The number of benzene rings is 2. The minimum Gasteiger partial charge on any atom is -0.494 e. The molecular weight excluding hydrogens is 304 g/mol. The quantitative estimate of drug-likeness (QED) is 0.714. The first-order valence-corrected chi connectivity index (χ1v) is 8.20. The normalized spacial score (nSPS) is 10.1. The van der Waals surface area contributed by atoms with Crippen LogP contribution in [0.1, 0.15) is 25.8 Å². The molecule has 0 atom stereocenters. The molecule has 0 aliphatic heterocycles. The fraction of sp³-hybridized carbons (Fsp3) is 0.316. The second kappa shape index (κ2) is 9.45. The summed E-state index contributed by atoms with van der Waals surface area (Å²) in [5, 5.41) is 5.39. The zero-order valence-electron chi connectivity index (χ0n) is 14.2. The summed E-state index contributed by atoms with van der Waals surface area (Å²) in [6, 6.07) is 14.8. The Morgan fingerprint density at radius 1 is 0.917 bits per heavy atom. The third-order valence-electron chi connectivity index (χ3n) is 3.36. The summed E-state index contributed by atoms with van der Waals surface area (Å²) in [5.74, 6) is 1.51. The van der Waals surface area contributed by atoms with E-state index in [1.54, 1.807) is 12.1 Å². The number of urea groups is 1. The first-order chi connectivity index (χ1) is 11.7. The highest BCUT2D eigenvalue weighted by molar-refractivity contribution is 5.89. The number of anilines is 1. The molecule has 0 aliphatic carbocycles. The van der Waals surface area contributed by atoms with Crippen LogP contribution in [0.25, 0.3) is 0 Å². The number of amides is 2. The highest BCUT2D eigenvalue weighted by Gasteiger charge is 2.02. The van der Waals surface area contributed by atoms with Gasteiger partial charge in [0.1, 0.15) is 11.5 Å². The molecule has 2 rings (SSSR count). The fourth-order valence-corrected chi connectivity index (χ4v) is 2.20. The first kappa shape index (κ1) is 17.7. The van der Waals surface area contributed by atoms with E-state index < -0.39 is 0 Å². The summed E-state index contributed by atoms with van der Waals surface area (Å²) in [7, 11) is 0. The van der Waals surface area contributed by atoms with Crippen molar-refractivity contribution in [2.24, 2.45) is 0 Å².